The maximum atomic E-state index is 11.2. The minimum atomic E-state index is -0.0148. The fourth-order valence-corrected chi connectivity index (χ4v) is 4.01. The van der Waals surface area contributed by atoms with Crippen molar-refractivity contribution < 1.29 is 14.3 Å². The number of carbonyl (C=O) groups excluding carboxylic acids is 1. The fraction of sp³-hybridized carbons (Fsp3) is 0.750. The van der Waals surface area contributed by atoms with E-state index in [1.54, 1.807) is 7.11 Å². The molecule has 0 saturated heterocycles. The Morgan fingerprint density at radius 1 is 1.39 bits per heavy atom. The second-order valence-electron chi connectivity index (χ2n) is 7.25. The second-order valence-corrected chi connectivity index (χ2v) is 7.25. The van der Waals surface area contributed by atoms with Crippen molar-refractivity contribution in [2.45, 2.75) is 53.1 Å². The molecule has 0 unspecified atom stereocenters. The Bertz CT molecular complexity index is 400. The van der Waals surface area contributed by atoms with Crippen LogP contribution >= 0.6 is 0 Å². The maximum absolute atomic E-state index is 11.2. The van der Waals surface area contributed by atoms with Crippen LogP contribution in [0.3, 0.4) is 0 Å². The molecule has 0 aromatic carbocycles. The molecule has 0 aliphatic heterocycles. The van der Waals surface area contributed by atoms with Gasteiger partial charge in [-0.25, -0.2) is 0 Å². The molecule has 1 aliphatic rings. The van der Waals surface area contributed by atoms with Crippen molar-refractivity contribution in [3.63, 3.8) is 0 Å². The predicted octanol–water partition coefficient (Wildman–Crippen LogP) is 4.63. The summed E-state index contributed by atoms with van der Waals surface area (Å²) in [5.41, 5.74) is 1.43. The van der Waals surface area contributed by atoms with E-state index in [0.29, 0.717) is 36.0 Å². The first-order valence-electron chi connectivity index (χ1n) is 8.79. The van der Waals surface area contributed by atoms with Crippen LogP contribution in [0.4, 0.5) is 0 Å². The smallest absolute Gasteiger partial charge is 0.147 e. The summed E-state index contributed by atoms with van der Waals surface area (Å²) in [4.78, 5) is 11.2. The first-order chi connectivity index (χ1) is 11.0. The van der Waals surface area contributed by atoms with E-state index in [1.807, 2.05) is 6.08 Å². The van der Waals surface area contributed by atoms with Crippen LogP contribution in [-0.4, -0.2) is 26.3 Å². The quantitative estimate of drug-likeness (QED) is 0.334. The number of rotatable bonds is 10. The van der Waals surface area contributed by atoms with Gasteiger partial charge in [0.05, 0.1) is 6.10 Å². The molecule has 3 nitrogen and oxygen atoms in total. The molecule has 0 aromatic heterocycles. The summed E-state index contributed by atoms with van der Waals surface area (Å²) in [6, 6.07) is 0. The van der Waals surface area contributed by atoms with Crippen LogP contribution in [0, 0.1) is 29.6 Å². The third-order valence-corrected chi connectivity index (χ3v) is 5.39. The lowest BCUT2D eigenvalue weighted by atomic mass is 9.65. The minimum Gasteiger partial charge on any atom is -0.359 e. The van der Waals surface area contributed by atoms with E-state index in [1.165, 1.54) is 5.57 Å². The third kappa shape index (κ3) is 5.58. The largest absolute Gasteiger partial charge is 0.359 e. The SMILES string of the molecule is C=C[C@H](OCOC)[C@@H](C)C[C@H]1C(C)=CC[C@H](C(C)C)[C@H]1CC=O. The molecule has 0 fully saturated rings. The minimum absolute atomic E-state index is 0.0148. The molecule has 0 radical (unpaired) electrons. The first-order valence-corrected chi connectivity index (χ1v) is 8.79. The van der Waals surface area contributed by atoms with Gasteiger partial charge in [0.15, 0.2) is 0 Å². The fourth-order valence-electron chi connectivity index (χ4n) is 4.01. The Balaban J connectivity index is 2.87. The normalized spacial score (nSPS) is 27.4. The van der Waals surface area contributed by atoms with Crippen molar-refractivity contribution in [3.05, 3.63) is 24.3 Å². The van der Waals surface area contributed by atoms with Gasteiger partial charge in [0.1, 0.15) is 13.1 Å². The monoisotopic (exact) mass is 322 g/mol. The number of hydrogen-bond donors (Lipinski definition) is 0. The number of aldehydes is 1. The zero-order chi connectivity index (χ0) is 17.4. The van der Waals surface area contributed by atoms with Crippen LogP contribution in [-0.2, 0) is 14.3 Å². The standard InChI is InChI=1S/C20H34O3/c1-7-20(23-13-22-6)16(5)12-19-15(4)8-9-17(14(2)3)18(19)10-11-21/h7-8,11,14,16-20H,1,9-10,12-13H2,2-6H3/t16-,17+,18+,19-,20-/m0/s1. The van der Waals surface area contributed by atoms with Gasteiger partial charge in [-0.3, -0.25) is 0 Å². The van der Waals surface area contributed by atoms with Gasteiger partial charge < -0.3 is 14.3 Å². The molecule has 1 aliphatic carbocycles. The lowest BCUT2D eigenvalue weighted by Crippen LogP contribution is -2.34. The molecule has 0 heterocycles. The molecule has 5 atom stereocenters. The maximum Gasteiger partial charge on any atom is 0.147 e. The van der Waals surface area contributed by atoms with Gasteiger partial charge in [-0.1, -0.05) is 38.5 Å². The highest BCUT2D eigenvalue weighted by atomic mass is 16.7. The molecular formula is C20H34O3. The molecule has 0 N–H and O–H groups in total. The van der Waals surface area contributed by atoms with Crippen molar-refractivity contribution in [1.29, 1.82) is 0 Å². The van der Waals surface area contributed by atoms with Crippen LogP contribution in [0.2, 0.25) is 0 Å². The molecule has 0 bridgehead atoms. The molecule has 0 aromatic rings. The van der Waals surface area contributed by atoms with E-state index in [4.69, 9.17) is 9.47 Å². The van der Waals surface area contributed by atoms with E-state index in [2.05, 4.69) is 40.3 Å². The third-order valence-electron chi connectivity index (χ3n) is 5.39. The topological polar surface area (TPSA) is 35.5 Å². The Morgan fingerprint density at radius 3 is 2.61 bits per heavy atom. The number of hydrogen-bond acceptors (Lipinski definition) is 3. The predicted molar refractivity (Wildman–Crippen MR) is 95.1 cm³/mol. The van der Waals surface area contributed by atoms with Crippen molar-refractivity contribution in [2.75, 3.05) is 13.9 Å². The molecule has 23 heavy (non-hydrogen) atoms. The highest BCUT2D eigenvalue weighted by Gasteiger charge is 2.36. The van der Waals surface area contributed by atoms with Crippen LogP contribution in [0.5, 0.6) is 0 Å². The average molecular weight is 322 g/mol. The molecule has 1 rings (SSSR count). The van der Waals surface area contributed by atoms with Crippen molar-refractivity contribution in [1.82, 2.24) is 0 Å². The number of carbonyl (C=O) groups is 1. The van der Waals surface area contributed by atoms with E-state index in [0.717, 1.165) is 19.1 Å². The highest BCUT2D eigenvalue weighted by Crippen LogP contribution is 2.43. The average Bonchev–Trinajstić information content (AvgIpc) is 2.51. The summed E-state index contributed by atoms with van der Waals surface area (Å²) >= 11 is 0. The van der Waals surface area contributed by atoms with Gasteiger partial charge in [0.2, 0.25) is 0 Å². The van der Waals surface area contributed by atoms with E-state index >= 15 is 0 Å². The molecular weight excluding hydrogens is 288 g/mol. The van der Waals surface area contributed by atoms with E-state index in [9.17, 15) is 4.79 Å². The van der Waals surface area contributed by atoms with Crippen LogP contribution in [0.1, 0.15) is 47.0 Å². The van der Waals surface area contributed by atoms with E-state index < -0.39 is 0 Å². The van der Waals surface area contributed by atoms with Gasteiger partial charge >= 0.3 is 0 Å². The molecule has 3 heteroatoms. The van der Waals surface area contributed by atoms with Crippen molar-refractivity contribution in [3.8, 4) is 0 Å². The number of methoxy groups -OCH3 is 1. The molecule has 0 saturated carbocycles. The Kier molecular flexibility index (Phi) is 8.78. The molecule has 0 amide bonds. The highest BCUT2D eigenvalue weighted by molar-refractivity contribution is 5.50. The van der Waals surface area contributed by atoms with Gasteiger partial charge in [0, 0.05) is 13.5 Å². The van der Waals surface area contributed by atoms with Crippen molar-refractivity contribution >= 4 is 6.29 Å². The van der Waals surface area contributed by atoms with Crippen LogP contribution in [0.25, 0.3) is 0 Å². The lowest BCUT2D eigenvalue weighted by Gasteiger charge is -2.41. The second kappa shape index (κ2) is 10.0. The summed E-state index contributed by atoms with van der Waals surface area (Å²) < 4.78 is 10.7. The summed E-state index contributed by atoms with van der Waals surface area (Å²) in [5.74, 6) is 2.42. The Morgan fingerprint density at radius 2 is 2.09 bits per heavy atom. The van der Waals surface area contributed by atoms with E-state index in [-0.39, 0.29) is 12.9 Å². The van der Waals surface area contributed by atoms with Gasteiger partial charge in [-0.15, -0.1) is 6.58 Å². The van der Waals surface area contributed by atoms with Crippen LogP contribution in [0.15, 0.2) is 24.3 Å². The Labute approximate surface area is 142 Å². The summed E-state index contributed by atoms with van der Waals surface area (Å²) in [6.45, 7) is 13.1. The van der Waals surface area contributed by atoms with Crippen LogP contribution < -0.4 is 0 Å². The van der Waals surface area contributed by atoms with Gasteiger partial charge in [-0.05, 0) is 49.4 Å². The zero-order valence-electron chi connectivity index (χ0n) is 15.5. The summed E-state index contributed by atoms with van der Waals surface area (Å²) in [5, 5.41) is 0. The Hall–Kier alpha value is -0.930. The van der Waals surface area contributed by atoms with Gasteiger partial charge in [-0.2, -0.15) is 0 Å². The molecule has 0 spiro atoms. The van der Waals surface area contributed by atoms with Crippen molar-refractivity contribution in [2.24, 2.45) is 29.6 Å². The summed E-state index contributed by atoms with van der Waals surface area (Å²) in [7, 11) is 1.63. The van der Waals surface area contributed by atoms with Gasteiger partial charge in [0.25, 0.3) is 0 Å². The first kappa shape index (κ1) is 20.1. The number of ether oxygens (including phenoxy) is 2. The lowest BCUT2D eigenvalue weighted by molar-refractivity contribution is -0.109. The zero-order valence-corrected chi connectivity index (χ0v) is 15.5. The summed E-state index contributed by atoms with van der Waals surface area (Å²) in [6.07, 6.45) is 8.09. The number of allylic oxidation sites excluding steroid dienone is 2. The molecule has 132 valence electrons.